The molecule has 0 atom stereocenters. The lowest BCUT2D eigenvalue weighted by Gasteiger charge is -2.23. The van der Waals surface area contributed by atoms with Gasteiger partial charge in [0.25, 0.3) is 11.5 Å². The van der Waals surface area contributed by atoms with Crippen molar-refractivity contribution >= 4 is 22.5 Å². The van der Waals surface area contributed by atoms with Crippen LogP contribution in [-0.4, -0.2) is 53.6 Å². The minimum atomic E-state index is -0.839. The standard InChI is InChI=1S/C32H27FN4O8/c1-36-18-23(31(39)37(32(36)40)21-7-3-19(33)4-8-21)30(38)35-20-5-9-22(10-6-20)45-25-11-12-34-24-17-26(42-14-13-41-2)28-29(27(24)25)44-16-15-43-28/h3-12,17-18H,13-16H2,1-2H3,(H,35,38). The van der Waals surface area contributed by atoms with Gasteiger partial charge in [0.1, 0.15) is 42.7 Å². The number of carbonyl (C=O) groups excluding carboxylic acids is 1. The van der Waals surface area contributed by atoms with Crippen LogP contribution in [0.5, 0.6) is 28.7 Å². The molecule has 45 heavy (non-hydrogen) atoms. The van der Waals surface area contributed by atoms with E-state index < -0.39 is 23.0 Å². The van der Waals surface area contributed by atoms with E-state index in [0.717, 1.165) is 27.5 Å². The van der Waals surface area contributed by atoms with Crippen molar-refractivity contribution in [3.8, 4) is 34.4 Å². The van der Waals surface area contributed by atoms with Gasteiger partial charge in [-0.3, -0.25) is 14.6 Å². The van der Waals surface area contributed by atoms with Crippen LogP contribution in [-0.2, 0) is 11.8 Å². The van der Waals surface area contributed by atoms with E-state index in [1.54, 1.807) is 49.7 Å². The molecule has 2 aromatic heterocycles. The van der Waals surface area contributed by atoms with Crippen LogP contribution in [0.4, 0.5) is 10.1 Å². The summed E-state index contributed by atoms with van der Waals surface area (Å²) in [6.45, 7) is 1.43. The zero-order valence-electron chi connectivity index (χ0n) is 24.2. The number of carbonyl (C=O) groups is 1. The lowest BCUT2D eigenvalue weighted by molar-refractivity contribution is 0.102. The molecule has 5 aromatic rings. The van der Waals surface area contributed by atoms with E-state index in [1.807, 2.05) is 0 Å². The van der Waals surface area contributed by atoms with E-state index >= 15 is 0 Å². The predicted octanol–water partition coefficient (Wildman–Crippen LogP) is 4.06. The molecule has 0 saturated carbocycles. The van der Waals surface area contributed by atoms with Crippen LogP contribution in [0.1, 0.15) is 10.4 Å². The van der Waals surface area contributed by atoms with Crippen LogP contribution in [0.25, 0.3) is 16.6 Å². The molecule has 0 bridgehead atoms. The molecule has 0 fully saturated rings. The second-order valence-electron chi connectivity index (χ2n) is 9.91. The Morgan fingerprint density at radius 1 is 0.978 bits per heavy atom. The summed E-state index contributed by atoms with van der Waals surface area (Å²) in [5.74, 6) is 1.07. The quantitative estimate of drug-likeness (QED) is 0.244. The number of hydrogen-bond acceptors (Lipinski definition) is 9. The summed E-state index contributed by atoms with van der Waals surface area (Å²) in [4.78, 5) is 43.4. The lowest BCUT2D eigenvalue weighted by atomic mass is 10.1. The zero-order chi connectivity index (χ0) is 31.5. The second kappa shape index (κ2) is 12.5. The number of fused-ring (bicyclic) bond motifs is 3. The number of halogens is 1. The van der Waals surface area contributed by atoms with Gasteiger partial charge in [-0.1, -0.05) is 0 Å². The molecule has 3 heterocycles. The molecular weight excluding hydrogens is 587 g/mol. The molecule has 230 valence electrons. The van der Waals surface area contributed by atoms with E-state index in [2.05, 4.69) is 10.3 Å². The van der Waals surface area contributed by atoms with Gasteiger partial charge >= 0.3 is 5.69 Å². The topological polar surface area (TPSA) is 132 Å². The summed E-state index contributed by atoms with van der Waals surface area (Å²) in [5.41, 5.74) is -0.704. The number of benzene rings is 3. The van der Waals surface area contributed by atoms with Crippen LogP contribution < -0.4 is 35.5 Å². The number of anilines is 1. The van der Waals surface area contributed by atoms with Gasteiger partial charge in [0.15, 0.2) is 11.5 Å². The van der Waals surface area contributed by atoms with E-state index in [-0.39, 0.29) is 11.3 Å². The first kappa shape index (κ1) is 29.4. The van der Waals surface area contributed by atoms with Gasteiger partial charge in [0.05, 0.1) is 23.2 Å². The van der Waals surface area contributed by atoms with Gasteiger partial charge < -0.3 is 33.6 Å². The summed E-state index contributed by atoms with van der Waals surface area (Å²) in [6.07, 6.45) is 2.76. The molecule has 0 radical (unpaired) electrons. The minimum absolute atomic E-state index is 0.134. The van der Waals surface area contributed by atoms with E-state index in [9.17, 15) is 18.8 Å². The van der Waals surface area contributed by atoms with Crippen molar-refractivity contribution in [1.29, 1.82) is 0 Å². The van der Waals surface area contributed by atoms with Crippen molar-refractivity contribution in [1.82, 2.24) is 14.1 Å². The normalized spacial score (nSPS) is 12.2. The van der Waals surface area contributed by atoms with E-state index in [4.69, 9.17) is 23.7 Å². The number of ether oxygens (including phenoxy) is 5. The molecule has 1 amide bonds. The Hall–Kier alpha value is -5.69. The maximum atomic E-state index is 13.4. The molecule has 12 nitrogen and oxygen atoms in total. The second-order valence-corrected chi connectivity index (χ2v) is 9.91. The first-order valence-electron chi connectivity index (χ1n) is 13.8. The van der Waals surface area contributed by atoms with Gasteiger partial charge in [-0.25, -0.2) is 13.8 Å². The van der Waals surface area contributed by atoms with Crippen molar-refractivity contribution in [3.05, 3.63) is 105 Å². The third kappa shape index (κ3) is 5.93. The zero-order valence-corrected chi connectivity index (χ0v) is 24.2. The van der Waals surface area contributed by atoms with Gasteiger partial charge in [-0.2, -0.15) is 0 Å². The van der Waals surface area contributed by atoms with Gasteiger partial charge in [-0.15, -0.1) is 0 Å². The number of pyridine rings is 1. The van der Waals surface area contributed by atoms with Crippen LogP contribution in [0.15, 0.2) is 82.6 Å². The highest BCUT2D eigenvalue weighted by Gasteiger charge is 2.25. The summed E-state index contributed by atoms with van der Waals surface area (Å²) in [5, 5.41) is 3.28. The number of aromatic nitrogens is 3. The summed E-state index contributed by atoms with van der Waals surface area (Å²) >= 11 is 0. The highest BCUT2D eigenvalue weighted by molar-refractivity contribution is 6.04. The Balaban J connectivity index is 1.24. The largest absolute Gasteiger partial charge is 0.487 e. The first-order chi connectivity index (χ1) is 21.8. The molecule has 0 unspecified atom stereocenters. The van der Waals surface area contributed by atoms with Crippen LogP contribution in [0.2, 0.25) is 0 Å². The van der Waals surface area contributed by atoms with Crippen LogP contribution in [0.3, 0.4) is 0 Å². The number of rotatable bonds is 9. The molecule has 0 aliphatic carbocycles. The Morgan fingerprint density at radius 3 is 2.44 bits per heavy atom. The Kier molecular flexibility index (Phi) is 8.16. The van der Waals surface area contributed by atoms with Crippen molar-refractivity contribution in [2.45, 2.75) is 0 Å². The number of amides is 1. The van der Waals surface area contributed by atoms with Gasteiger partial charge in [-0.05, 0) is 54.6 Å². The number of methoxy groups -OCH3 is 1. The third-order valence-corrected chi connectivity index (χ3v) is 6.91. The maximum absolute atomic E-state index is 13.4. The van der Waals surface area contributed by atoms with Crippen molar-refractivity contribution in [3.63, 3.8) is 0 Å². The van der Waals surface area contributed by atoms with Crippen molar-refractivity contribution < 1.29 is 32.9 Å². The van der Waals surface area contributed by atoms with E-state index in [1.165, 1.54) is 19.2 Å². The smallest absolute Gasteiger partial charge is 0.335 e. The molecule has 3 aromatic carbocycles. The fourth-order valence-electron chi connectivity index (χ4n) is 4.78. The fraction of sp³-hybridized carbons (Fsp3) is 0.188. The minimum Gasteiger partial charge on any atom is -0.487 e. The number of nitrogens with one attached hydrogen (secondary N) is 1. The fourth-order valence-corrected chi connectivity index (χ4v) is 4.78. The molecule has 6 rings (SSSR count). The number of hydrogen-bond donors (Lipinski definition) is 1. The summed E-state index contributed by atoms with van der Waals surface area (Å²) < 4.78 is 44.3. The number of aryl methyl sites for hydroxylation is 1. The highest BCUT2D eigenvalue weighted by atomic mass is 19.1. The molecular formula is C32H27FN4O8. The third-order valence-electron chi connectivity index (χ3n) is 6.91. The molecule has 13 heteroatoms. The molecule has 0 spiro atoms. The Labute approximate surface area is 255 Å². The number of nitrogens with zero attached hydrogens (tertiary/aromatic N) is 3. The Bertz CT molecular complexity index is 2010. The Morgan fingerprint density at radius 2 is 1.71 bits per heavy atom. The summed E-state index contributed by atoms with van der Waals surface area (Å²) in [7, 11) is 3.00. The molecule has 1 aliphatic heterocycles. The van der Waals surface area contributed by atoms with Gasteiger partial charge in [0, 0.05) is 38.3 Å². The summed E-state index contributed by atoms with van der Waals surface area (Å²) in [6, 6.07) is 14.8. The van der Waals surface area contributed by atoms with Crippen molar-refractivity contribution in [2.75, 3.05) is 38.9 Å². The molecule has 1 aliphatic rings. The van der Waals surface area contributed by atoms with Crippen molar-refractivity contribution in [2.24, 2.45) is 7.05 Å². The first-order valence-corrected chi connectivity index (χ1v) is 13.8. The SMILES string of the molecule is COCCOc1cc2nccc(Oc3ccc(NC(=O)c4cn(C)c(=O)n(-c5ccc(F)cc5)c4=O)cc3)c2c2c1OCCO2. The maximum Gasteiger partial charge on any atom is 0.335 e. The molecule has 1 N–H and O–H groups in total. The lowest BCUT2D eigenvalue weighted by Crippen LogP contribution is -2.41. The monoisotopic (exact) mass is 614 g/mol. The van der Waals surface area contributed by atoms with Crippen LogP contribution in [0, 0.1) is 5.82 Å². The molecule has 0 saturated heterocycles. The predicted molar refractivity (Wildman–Crippen MR) is 162 cm³/mol. The van der Waals surface area contributed by atoms with Gasteiger partial charge in [0.2, 0.25) is 5.75 Å². The average Bonchev–Trinajstić information content (AvgIpc) is 3.04. The average molecular weight is 615 g/mol. The van der Waals surface area contributed by atoms with Crippen LogP contribution >= 0.6 is 0 Å². The van der Waals surface area contributed by atoms with E-state index in [0.29, 0.717) is 71.8 Å². The highest BCUT2D eigenvalue weighted by Crippen LogP contribution is 2.48.